The number of aromatic amines is 1. The molecule has 0 aliphatic heterocycles. The van der Waals surface area contributed by atoms with Crippen molar-refractivity contribution in [3.8, 4) is 0 Å². The van der Waals surface area contributed by atoms with Crippen molar-refractivity contribution in [3.63, 3.8) is 0 Å². The second-order valence-corrected chi connectivity index (χ2v) is 6.05. The number of nitrogens with one attached hydrogen (secondary N) is 2. The highest BCUT2D eigenvalue weighted by Crippen LogP contribution is 2.11. The first kappa shape index (κ1) is 18.3. The van der Waals surface area contributed by atoms with E-state index >= 15 is 0 Å². The van der Waals surface area contributed by atoms with Gasteiger partial charge in [-0.15, -0.1) is 0 Å². The summed E-state index contributed by atoms with van der Waals surface area (Å²) in [7, 11) is 0. The molecule has 0 bridgehead atoms. The molecular formula is C18H19N5O4. The number of hydrogen-bond donors (Lipinski definition) is 2. The lowest BCUT2D eigenvalue weighted by Gasteiger charge is -2.19. The molecule has 0 fully saturated rings. The molecule has 3 rings (SSSR count). The number of carbonyl (C=O) groups is 2. The van der Waals surface area contributed by atoms with Crippen LogP contribution in [-0.2, 0) is 16.0 Å². The molecule has 0 amide bonds. The van der Waals surface area contributed by atoms with Crippen LogP contribution in [0.4, 0.5) is 5.95 Å². The summed E-state index contributed by atoms with van der Waals surface area (Å²) in [4.78, 5) is 45.9. The first-order chi connectivity index (χ1) is 12.9. The van der Waals surface area contributed by atoms with Crippen molar-refractivity contribution in [2.75, 3.05) is 11.9 Å². The summed E-state index contributed by atoms with van der Waals surface area (Å²) in [5.74, 6) is -0.535. The van der Waals surface area contributed by atoms with E-state index in [0.717, 1.165) is 5.56 Å². The van der Waals surface area contributed by atoms with Crippen LogP contribution in [0.2, 0.25) is 0 Å². The van der Waals surface area contributed by atoms with Gasteiger partial charge in [0, 0.05) is 13.8 Å². The largest absolute Gasteiger partial charge is 0.464 e. The van der Waals surface area contributed by atoms with Gasteiger partial charge in [-0.2, -0.15) is 4.98 Å². The van der Waals surface area contributed by atoms with Crippen LogP contribution in [-0.4, -0.2) is 44.0 Å². The third kappa shape index (κ3) is 4.38. The van der Waals surface area contributed by atoms with Crippen molar-refractivity contribution in [3.05, 3.63) is 52.6 Å². The number of H-pyrrole nitrogens is 1. The number of esters is 1. The highest BCUT2D eigenvalue weighted by Gasteiger charge is 2.16. The highest BCUT2D eigenvalue weighted by atomic mass is 16.5. The molecule has 0 spiro atoms. The standard InChI is InChI=1S/C18H19N5O4/c1-11(24)23-10-19-15-16(23)21-18(22-17(15)26)20-14(9-27-12(2)25)8-13-6-4-3-5-7-13/h3-7,10,14H,8-9H2,1-2H3,(H2,20,21,22,26)/t14-/m1/s1. The normalized spacial score (nSPS) is 11.9. The molecule has 1 aromatic carbocycles. The Morgan fingerprint density at radius 3 is 2.67 bits per heavy atom. The van der Waals surface area contributed by atoms with Gasteiger partial charge in [0.2, 0.25) is 11.9 Å². The Labute approximate surface area is 154 Å². The lowest BCUT2D eigenvalue weighted by Crippen LogP contribution is -2.31. The van der Waals surface area contributed by atoms with E-state index in [2.05, 4.69) is 20.3 Å². The summed E-state index contributed by atoms with van der Waals surface area (Å²) in [5, 5.41) is 3.08. The Morgan fingerprint density at radius 2 is 2.00 bits per heavy atom. The van der Waals surface area contributed by atoms with Crippen LogP contribution in [0.1, 0.15) is 24.2 Å². The van der Waals surface area contributed by atoms with Crippen molar-refractivity contribution in [1.29, 1.82) is 0 Å². The molecule has 2 heterocycles. The molecule has 1 atom stereocenters. The van der Waals surface area contributed by atoms with Gasteiger partial charge in [0.05, 0.1) is 6.04 Å². The molecule has 0 aliphatic carbocycles. The van der Waals surface area contributed by atoms with Crippen LogP contribution in [0.25, 0.3) is 11.2 Å². The fourth-order valence-corrected chi connectivity index (χ4v) is 2.67. The fourth-order valence-electron chi connectivity index (χ4n) is 2.67. The van der Waals surface area contributed by atoms with Gasteiger partial charge in [0.1, 0.15) is 12.9 Å². The molecule has 3 aromatic rings. The Bertz CT molecular complexity index is 1030. The van der Waals surface area contributed by atoms with Gasteiger partial charge in [-0.05, 0) is 12.0 Å². The van der Waals surface area contributed by atoms with Gasteiger partial charge in [-0.25, -0.2) is 4.98 Å². The van der Waals surface area contributed by atoms with Gasteiger partial charge in [-0.1, -0.05) is 30.3 Å². The van der Waals surface area contributed by atoms with E-state index in [4.69, 9.17) is 4.74 Å². The summed E-state index contributed by atoms with van der Waals surface area (Å²) in [5.41, 5.74) is 0.808. The van der Waals surface area contributed by atoms with E-state index in [1.807, 2.05) is 30.3 Å². The minimum atomic E-state index is -0.464. The maximum Gasteiger partial charge on any atom is 0.302 e. The molecule has 0 saturated heterocycles. The van der Waals surface area contributed by atoms with E-state index in [1.54, 1.807) is 0 Å². The lowest BCUT2D eigenvalue weighted by molar-refractivity contribution is -0.141. The van der Waals surface area contributed by atoms with Gasteiger partial charge >= 0.3 is 5.97 Å². The Hall–Kier alpha value is -3.49. The van der Waals surface area contributed by atoms with Gasteiger partial charge in [-0.3, -0.25) is 23.9 Å². The fraction of sp³-hybridized carbons (Fsp3) is 0.278. The summed E-state index contributed by atoms with van der Waals surface area (Å²) >= 11 is 0. The molecule has 2 N–H and O–H groups in total. The molecule has 0 unspecified atom stereocenters. The predicted molar refractivity (Wildman–Crippen MR) is 98.6 cm³/mol. The first-order valence-corrected chi connectivity index (χ1v) is 8.36. The molecular weight excluding hydrogens is 350 g/mol. The van der Waals surface area contributed by atoms with Crippen LogP contribution >= 0.6 is 0 Å². The topological polar surface area (TPSA) is 119 Å². The minimum Gasteiger partial charge on any atom is -0.464 e. The monoisotopic (exact) mass is 369 g/mol. The van der Waals surface area contributed by atoms with E-state index in [0.29, 0.717) is 6.42 Å². The Morgan fingerprint density at radius 1 is 1.26 bits per heavy atom. The lowest BCUT2D eigenvalue weighted by atomic mass is 10.1. The van der Waals surface area contributed by atoms with Gasteiger partial charge in [0.15, 0.2) is 11.2 Å². The number of ether oxygens (including phenoxy) is 1. The summed E-state index contributed by atoms with van der Waals surface area (Å²) < 4.78 is 6.32. The maximum absolute atomic E-state index is 12.2. The van der Waals surface area contributed by atoms with E-state index < -0.39 is 11.5 Å². The highest BCUT2D eigenvalue weighted by molar-refractivity contribution is 5.86. The van der Waals surface area contributed by atoms with Crippen molar-refractivity contribution in [2.24, 2.45) is 0 Å². The Balaban J connectivity index is 1.89. The SMILES string of the molecule is CC(=O)OC[C@@H](Cc1ccccc1)Nc1nc2c(ncn2C(C)=O)c(=O)[nH]1. The van der Waals surface area contributed by atoms with Crippen LogP contribution in [0.3, 0.4) is 0 Å². The van der Waals surface area contributed by atoms with Crippen molar-refractivity contribution in [1.82, 2.24) is 19.5 Å². The van der Waals surface area contributed by atoms with Crippen molar-refractivity contribution >= 4 is 29.0 Å². The average molecular weight is 369 g/mol. The van der Waals surface area contributed by atoms with Gasteiger partial charge in [0.25, 0.3) is 5.56 Å². The molecule has 0 radical (unpaired) electrons. The van der Waals surface area contributed by atoms with Crippen LogP contribution in [0.5, 0.6) is 0 Å². The smallest absolute Gasteiger partial charge is 0.302 e. The van der Waals surface area contributed by atoms with Crippen LogP contribution in [0, 0.1) is 0 Å². The molecule has 27 heavy (non-hydrogen) atoms. The predicted octanol–water partition coefficient (Wildman–Crippen LogP) is 1.37. The maximum atomic E-state index is 12.2. The zero-order valence-corrected chi connectivity index (χ0v) is 14.9. The number of rotatable bonds is 6. The number of carbonyl (C=O) groups excluding carboxylic acids is 2. The number of imidazole rings is 1. The summed E-state index contributed by atoms with van der Waals surface area (Å²) in [6, 6.07) is 9.31. The van der Waals surface area contributed by atoms with E-state index in [9.17, 15) is 14.4 Å². The summed E-state index contributed by atoms with van der Waals surface area (Å²) in [6.07, 6.45) is 1.81. The molecule has 0 aliphatic rings. The second kappa shape index (κ2) is 7.81. The van der Waals surface area contributed by atoms with Crippen molar-refractivity contribution in [2.45, 2.75) is 26.3 Å². The summed E-state index contributed by atoms with van der Waals surface area (Å²) in [6.45, 7) is 2.78. The van der Waals surface area contributed by atoms with Crippen molar-refractivity contribution < 1.29 is 14.3 Å². The molecule has 2 aromatic heterocycles. The third-order valence-corrected chi connectivity index (χ3v) is 3.90. The van der Waals surface area contributed by atoms with E-state index in [1.165, 1.54) is 24.7 Å². The zero-order chi connectivity index (χ0) is 19.4. The first-order valence-electron chi connectivity index (χ1n) is 8.36. The van der Waals surface area contributed by atoms with E-state index in [-0.39, 0.29) is 35.7 Å². The minimum absolute atomic E-state index is 0.0790. The number of aromatic nitrogens is 4. The quantitative estimate of drug-likeness (QED) is 0.630. The number of benzene rings is 1. The number of hydrogen-bond acceptors (Lipinski definition) is 7. The number of anilines is 1. The number of nitrogens with zero attached hydrogens (tertiary/aromatic N) is 3. The third-order valence-electron chi connectivity index (χ3n) is 3.90. The Kier molecular flexibility index (Phi) is 5.30. The van der Waals surface area contributed by atoms with Crippen LogP contribution in [0.15, 0.2) is 41.5 Å². The van der Waals surface area contributed by atoms with Crippen LogP contribution < -0.4 is 10.9 Å². The molecule has 140 valence electrons. The second-order valence-electron chi connectivity index (χ2n) is 6.05. The average Bonchev–Trinajstić information content (AvgIpc) is 3.05. The van der Waals surface area contributed by atoms with Gasteiger partial charge < -0.3 is 10.1 Å². The molecule has 0 saturated carbocycles. The zero-order valence-electron chi connectivity index (χ0n) is 14.9. The molecule has 9 heteroatoms. The molecule has 9 nitrogen and oxygen atoms in total. The number of fused-ring (bicyclic) bond motifs is 1.